The van der Waals surface area contributed by atoms with Gasteiger partial charge < -0.3 is 40.9 Å². The SMILES string of the molecule is CC(=O)C=C(C)O.CC(=O)C=C(C)O.CC(=O)C=C(C)O.CC(=O)C=C(C)O.Oc1ccccc1C=Nc1ccccc1N=Cc1ccccc1O.Oc1ccccc1C=Nc1ccccc1N=Cc1ccccc1O.[Zr].[Zr]. The molecule has 6 aromatic rings. The molecule has 404 valence electrons. The first-order valence-corrected chi connectivity index (χ1v) is 23.0. The van der Waals surface area contributed by atoms with Crippen LogP contribution in [0.3, 0.4) is 0 Å². The van der Waals surface area contributed by atoms with Crippen LogP contribution in [-0.2, 0) is 71.6 Å². The van der Waals surface area contributed by atoms with Crippen LogP contribution in [0.4, 0.5) is 22.7 Å². The van der Waals surface area contributed by atoms with Crippen molar-refractivity contribution in [3.05, 3.63) is 215 Å². The van der Waals surface area contributed by atoms with E-state index in [4.69, 9.17) is 20.4 Å². The van der Waals surface area contributed by atoms with Crippen molar-refractivity contribution in [2.45, 2.75) is 55.4 Å². The largest absolute Gasteiger partial charge is 0.512 e. The summed E-state index contributed by atoms with van der Waals surface area (Å²) < 4.78 is 0. The fraction of sp³-hybridized carbons (Fsp3) is 0.133. The number of rotatable bonds is 12. The number of carbonyl (C=O) groups excluding carboxylic acids is 4. The van der Waals surface area contributed by atoms with Crippen LogP contribution in [0.25, 0.3) is 0 Å². The van der Waals surface area contributed by atoms with Crippen LogP contribution in [0, 0.1) is 0 Å². The molecule has 0 heterocycles. The van der Waals surface area contributed by atoms with Crippen molar-refractivity contribution in [3.63, 3.8) is 0 Å². The second-order valence-electron chi connectivity index (χ2n) is 15.8. The van der Waals surface area contributed by atoms with Crippen LogP contribution in [0.2, 0.25) is 0 Å². The smallest absolute Gasteiger partial charge is 0.155 e. The van der Waals surface area contributed by atoms with Gasteiger partial charge in [-0.15, -0.1) is 0 Å². The maximum absolute atomic E-state index is 10.0. The van der Waals surface area contributed by atoms with Crippen molar-refractivity contribution in [1.29, 1.82) is 0 Å². The molecule has 6 rings (SSSR count). The number of aromatic hydroxyl groups is 4. The minimum absolute atomic E-state index is 0. The summed E-state index contributed by atoms with van der Waals surface area (Å²) in [4.78, 5) is 57.7. The fourth-order valence-corrected chi connectivity index (χ4v) is 5.48. The van der Waals surface area contributed by atoms with E-state index in [0.717, 1.165) is 0 Å². The Bertz CT molecular complexity index is 2680. The van der Waals surface area contributed by atoms with E-state index in [9.17, 15) is 39.6 Å². The average Bonchev–Trinajstić information content (AvgIpc) is 3.33. The second kappa shape index (κ2) is 41.0. The number of hydrogen-bond acceptors (Lipinski definition) is 16. The van der Waals surface area contributed by atoms with E-state index >= 15 is 0 Å². The molecule has 0 aliphatic carbocycles. The molecule has 8 N–H and O–H groups in total. The molecular formula is C60H64N4O12Zr2. The first-order chi connectivity index (χ1) is 36.0. The first-order valence-electron chi connectivity index (χ1n) is 23.0. The Morgan fingerprint density at radius 3 is 0.577 bits per heavy atom. The van der Waals surface area contributed by atoms with Gasteiger partial charge in [0.1, 0.15) is 23.0 Å². The molecule has 0 saturated heterocycles. The van der Waals surface area contributed by atoms with Gasteiger partial charge in [-0.1, -0.05) is 72.8 Å². The Kier molecular flexibility index (Phi) is 37.8. The maximum atomic E-state index is 10.0. The first kappa shape index (κ1) is 71.9. The van der Waals surface area contributed by atoms with Gasteiger partial charge in [-0.3, -0.25) is 39.1 Å². The Morgan fingerprint density at radius 2 is 0.449 bits per heavy atom. The number of aliphatic imine (C=N–C) groups is 4. The van der Waals surface area contributed by atoms with Crippen LogP contribution in [0.1, 0.15) is 77.6 Å². The molecule has 0 radical (unpaired) electrons. The van der Waals surface area contributed by atoms with Crippen molar-refractivity contribution in [2.24, 2.45) is 20.0 Å². The van der Waals surface area contributed by atoms with E-state index in [1.165, 1.54) is 79.7 Å². The number of carbonyl (C=O) groups is 4. The van der Waals surface area contributed by atoms with Crippen molar-refractivity contribution in [3.8, 4) is 23.0 Å². The molecule has 0 aromatic heterocycles. The van der Waals surface area contributed by atoms with Crippen LogP contribution in [-0.4, -0.2) is 88.8 Å². The van der Waals surface area contributed by atoms with E-state index < -0.39 is 0 Å². The summed E-state index contributed by atoms with van der Waals surface area (Å²) in [6.07, 6.45) is 11.1. The van der Waals surface area contributed by atoms with Crippen molar-refractivity contribution in [1.82, 2.24) is 0 Å². The molecule has 6 aromatic carbocycles. The van der Waals surface area contributed by atoms with Gasteiger partial charge in [0.2, 0.25) is 0 Å². The monoisotopic (exact) mass is 1210 g/mol. The number of ketones is 4. The third-order valence-electron chi connectivity index (χ3n) is 8.53. The van der Waals surface area contributed by atoms with Crippen LogP contribution < -0.4 is 0 Å². The number of para-hydroxylation sites is 8. The number of aliphatic hydroxyl groups excluding tert-OH is 4. The van der Waals surface area contributed by atoms with E-state index in [0.29, 0.717) is 45.0 Å². The number of benzene rings is 6. The van der Waals surface area contributed by atoms with Gasteiger partial charge in [-0.05, 0) is 128 Å². The predicted molar refractivity (Wildman–Crippen MR) is 303 cm³/mol. The summed E-state index contributed by atoms with van der Waals surface area (Å²) >= 11 is 0. The third kappa shape index (κ3) is 34.4. The maximum Gasteiger partial charge on any atom is 0.155 e. The Balaban J connectivity index is 0. The zero-order chi connectivity index (χ0) is 57.0. The number of phenolic OH excluding ortho intramolecular Hbond substituents is 4. The van der Waals surface area contributed by atoms with Gasteiger partial charge in [-0.25, -0.2) is 0 Å². The number of nitrogens with zero attached hydrogens (tertiary/aromatic N) is 4. The quantitative estimate of drug-likeness (QED) is 0.0323. The van der Waals surface area contributed by atoms with Crippen molar-refractivity contribution < 1.29 is 112 Å². The molecular weight excluding hydrogens is 1150 g/mol. The molecule has 0 aliphatic rings. The van der Waals surface area contributed by atoms with Gasteiger partial charge in [0.25, 0.3) is 0 Å². The summed E-state index contributed by atoms with van der Waals surface area (Å²) in [5.74, 6) is 0.459. The molecule has 78 heavy (non-hydrogen) atoms. The normalized spacial score (nSPS) is 11.1. The molecule has 16 nitrogen and oxygen atoms in total. The van der Waals surface area contributed by atoms with Gasteiger partial charge >= 0.3 is 0 Å². The number of allylic oxidation sites excluding steroid dienone is 8. The number of phenols is 4. The second-order valence-corrected chi connectivity index (χ2v) is 15.8. The average molecular weight is 1220 g/mol. The number of hydrogen-bond donors (Lipinski definition) is 8. The Morgan fingerprint density at radius 1 is 0.295 bits per heavy atom. The van der Waals surface area contributed by atoms with E-state index in [1.54, 1.807) is 97.7 Å². The van der Waals surface area contributed by atoms with Crippen LogP contribution in [0.5, 0.6) is 23.0 Å². The van der Waals surface area contributed by atoms with Gasteiger partial charge in [0.05, 0.1) is 45.8 Å². The molecule has 0 saturated carbocycles. The Labute approximate surface area is 493 Å². The molecule has 0 fully saturated rings. The molecule has 0 atom stereocenters. The predicted octanol–water partition coefficient (Wildman–Crippen LogP) is 13.3. The molecule has 0 spiro atoms. The summed E-state index contributed by atoms with van der Waals surface area (Å²) in [5, 5.41) is 72.6. The molecule has 0 unspecified atom stereocenters. The minimum Gasteiger partial charge on any atom is -0.512 e. The molecule has 18 heteroatoms. The third-order valence-corrected chi connectivity index (χ3v) is 8.53. The van der Waals surface area contributed by atoms with Crippen LogP contribution in [0.15, 0.2) is 213 Å². The summed E-state index contributed by atoms with van der Waals surface area (Å²) in [6, 6.07) is 42.8. The fourth-order valence-electron chi connectivity index (χ4n) is 5.48. The number of aliphatic hydroxyl groups is 4. The van der Waals surface area contributed by atoms with Gasteiger partial charge in [0, 0.05) is 124 Å². The van der Waals surface area contributed by atoms with Crippen molar-refractivity contribution in [2.75, 3.05) is 0 Å². The summed E-state index contributed by atoms with van der Waals surface area (Å²) in [7, 11) is 0. The zero-order valence-electron chi connectivity index (χ0n) is 44.5. The van der Waals surface area contributed by atoms with Gasteiger partial charge in [-0.2, -0.15) is 0 Å². The summed E-state index contributed by atoms with van der Waals surface area (Å²) in [6.45, 7) is 11.4. The van der Waals surface area contributed by atoms with Crippen LogP contribution >= 0.6 is 0 Å². The minimum atomic E-state index is -0.125. The van der Waals surface area contributed by atoms with E-state index in [-0.39, 0.29) is 122 Å². The van der Waals surface area contributed by atoms with E-state index in [1.807, 2.05) is 72.8 Å². The summed E-state index contributed by atoms with van der Waals surface area (Å²) in [5.41, 5.74) is 5.24. The van der Waals surface area contributed by atoms with E-state index in [2.05, 4.69) is 20.0 Å². The standard InChI is InChI=1S/2C20H16N2O2.4C5H8O2.2Zr/c2*23-19-11-5-1-7-15(19)13-21-17-9-3-4-10-18(17)22-14-16-8-2-6-12-20(16)24;4*1-4(6)3-5(2)7;;/h2*1-14,23-24H;4*3,6H,1-2H3;;. The Hall–Kier alpha value is -8.19. The molecule has 0 amide bonds. The zero-order valence-corrected chi connectivity index (χ0v) is 49.4. The van der Waals surface area contributed by atoms with Gasteiger partial charge in [0.15, 0.2) is 23.1 Å². The van der Waals surface area contributed by atoms with Crippen molar-refractivity contribution >= 4 is 70.7 Å². The molecule has 0 aliphatic heterocycles. The topological polar surface area (TPSA) is 280 Å². The molecule has 0 bridgehead atoms.